The van der Waals surface area contributed by atoms with Gasteiger partial charge in [0.15, 0.2) is 0 Å². The van der Waals surface area contributed by atoms with Crippen LogP contribution in [0.3, 0.4) is 0 Å². The number of benzene rings is 1. The quantitative estimate of drug-likeness (QED) is 0.424. The molecule has 208 valence electrons. The third kappa shape index (κ3) is 9.70. The molecule has 0 saturated carbocycles. The van der Waals surface area contributed by atoms with Crippen molar-refractivity contribution in [2.24, 2.45) is 5.92 Å². The molecule has 1 aromatic rings. The summed E-state index contributed by atoms with van der Waals surface area (Å²) in [4.78, 5) is 53.9. The lowest BCUT2D eigenvalue weighted by Gasteiger charge is -2.39. The van der Waals surface area contributed by atoms with E-state index in [1.807, 2.05) is 59.7 Å². The van der Waals surface area contributed by atoms with Crippen LogP contribution in [-0.2, 0) is 23.9 Å². The lowest BCUT2D eigenvalue weighted by atomic mass is 9.91. The van der Waals surface area contributed by atoms with E-state index in [1.165, 1.54) is 12.0 Å². The number of rotatable bonds is 11. The van der Waals surface area contributed by atoms with Gasteiger partial charge in [0.2, 0.25) is 11.8 Å². The van der Waals surface area contributed by atoms with Gasteiger partial charge in [0, 0.05) is 6.04 Å². The van der Waals surface area contributed by atoms with Gasteiger partial charge in [-0.05, 0) is 77.0 Å². The highest BCUT2D eigenvalue weighted by atomic mass is 16.6. The van der Waals surface area contributed by atoms with E-state index < -0.39 is 41.6 Å². The van der Waals surface area contributed by atoms with Crippen molar-refractivity contribution in [1.82, 2.24) is 15.5 Å². The molecule has 37 heavy (non-hydrogen) atoms. The molecule has 9 heteroatoms. The summed E-state index contributed by atoms with van der Waals surface area (Å²) in [5.74, 6) is -1.42. The SMILES string of the molecule is CCC(C)N(C(=O)C(CC(C)C)NC(=O)OC(C)(C)C)C(C(=O)NCC(=O)OC)c1c(C)cccc1C. The fourth-order valence-electron chi connectivity index (χ4n) is 4.10. The van der Waals surface area contributed by atoms with Gasteiger partial charge in [-0.25, -0.2) is 4.79 Å². The maximum atomic E-state index is 14.2. The van der Waals surface area contributed by atoms with Crippen molar-refractivity contribution in [1.29, 1.82) is 0 Å². The van der Waals surface area contributed by atoms with Crippen molar-refractivity contribution in [3.8, 4) is 0 Å². The fourth-order valence-corrected chi connectivity index (χ4v) is 4.10. The topological polar surface area (TPSA) is 114 Å². The van der Waals surface area contributed by atoms with E-state index in [9.17, 15) is 19.2 Å². The summed E-state index contributed by atoms with van der Waals surface area (Å²) in [6, 6.07) is 3.36. The van der Waals surface area contributed by atoms with Crippen LogP contribution in [0.25, 0.3) is 0 Å². The Bertz CT molecular complexity index is 933. The van der Waals surface area contributed by atoms with Crippen LogP contribution >= 0.6 is 0 Å². The second kappa shape index (κ2) is 14.0. The second-order valence-electron chi connectivity index (χ2n) is 10.8. The Morgan fingerprint density at radius 3 is 2.05 bits per heavy atom. The highest BCUT2D eigenvalue weighted by Gasteiger charge is 2.39. The molecule has 0 aliphatic heterocycles. The van der Waals surface area contributed by atoms with E-state index in [0.29, 0.717) is 18.4 Å². The summed E-state index contributed by atoms with van der Waals surface area (Å²) in [7, 11) is 1.24. The lowest BCUT2D eigenvalue weighted by molar-refractivity contribution is -0.146. The Labute approximate surface area is 221 Å². The van der Waals surface area contributed by atoms with Gasteiger partial charge in [0.1, 0.15) is 24.2 Å². The van der Waals surface area contributed by atoms with Gasteiger partial charge in [0.25, 0.3) is 0 Å². The number of carbonyl (C=O) groups is 4. The summed E-state index contributed by atoms with van der Waals surface area (Å²) in [5, 5.41) is 5.37. The first-order valence-electron chi connectivity index (χ1n) is 12.8. The minimum Gasteiger partial charge on any atom is -0.468 e. The Kier molecular flexibility index (Phi) is 12.1. The molecule has 0 radical (unpaired) electrons. The highest BCUT2D eigenvalue weighted by Crippen LogP contribution is 2.31. The number of ether oxygens (including phenoxy) is 2. The number of methoxy groups -OCH3 is 1. The van der Waals surface area contributed by atoms with Crippen molar-refractivity contribution in [2.75, 3.05) is 13.7 Å². The number of nitrogens with zero attached hydrogens (tertiary/aromatic N) is 1. The number of esters is 1. The van der Waals surface area contributed by atoms with Gasteiger partial charge >= 0.3 is 12.1 Å². The van der Waals surface area contributed by atoms with E-state index in [0.717, 1.165) is 11.1 Å². The molecule has 9 nitrogen and oxygen atoms in total. The van der Waals surface area contributed by atoms with Crippen LogP contribution in [0.5, 0.6) is 0 Å². The summed E-state index contributed by atoms with van der Waals surface area (Å²) >= 11 is 0. The van der Waals surface area contributed by atoms with Crippen molar-refractivity contribution < 1.29 is 28.7 Å². The monoisotopic (exact) mass is 519 g/mol. The molecule has 0 saturated heterocycles. The fraction of sp³-hybridized carbons (Fsp3) is 0.643. The van der Waals surface area contributed by atoms with Gasteiger partial charge in [0.05, 0.1) is 7.11 Å². The average Bonchev–Trinajstić information content (AvgIpc) is 2.78. The molecular formula is C28H45N3O6. The minimum absolute atomic E-state index is 0.0782. The van der Waals surface area contributed by atoms with Crippen molar-refractivity contribution in [2.45, 2.75) is 98.9 Å². The van der Waals surface area contributed by atoms with Crippen LogP contribution in [-0.4, -0.2) is 60.1 Å². The van der Waals surface area contributed by atoms with Gasteiger partial charge in [-0.1, -0.05) is 39.0 Å². The molecule has 0 aliphatic rings. The number of alkyl carbamates (subject to hydrolysis) is 1. The molecule has 2 N–H and O–H groups in total. The summed E-state index contributed by atoms with van der Waals surface area (Å²) < 4.78 is 10.1. The zero-order valence-electron chi connectivity index (χ0n) is 24.1. The molecule has 0 aliphatic carbocycles. The average molecular weight is 520 g/mol. The Hall–Kier alpha value is -3.10. The number of hydrogen-bond acceptors (Lipinski definition) is 6. The predicted octanol–water partition coefficient (Wildman–Crippen LogP) is 4.20. The van der Waals surface area contributed by atoms with Gasteiger partial charge < -0.3 is 25.0 Å². The molecule has 0 fully saturated rings. The zero-order chi connectivity index (χ0) is 28.5. The maximum absolute atomic E-state index is 14.2. The summed E-state index contributed by atoms with van der Waals surface area (Å²) in [5.41, 5.74) is 1.61. The van der Waals surface area contributed by atoms with Gasteiger partial charge in [-0.3, -0.25) is 14.4 Å². The first-order valence-corrected chi connectivity index (χ1v) is 12.8. The molecule has 1 rings (SSSR count). The molecule has 0 spiro atoms. The van der Waals surface area contributed by atoms with Crippen LogP contribution in [0.1, 0.15) is 84.0 Å². The molecule has 0 heterocycles. The van der Waals surface area contributed by atoms with Crippen LogP contribution in [0.15, 0.2) is 18.2 Å². The second-order valence-corrected chi connectivity index (χ2v) is 10.8. The lowest BCUT2D eigenvalue weighted by Crippen LogP contribution is -2.56. The number of nitrogens with one attached hydrogen (secondary N) is 2. The molecule has 3 amide bonds. The van der Waals surface area contributed by atoms with Crippen LogP contribution in [0.4, 0.5) is 4.79 Å². The van der Waals surface area contributed by atoms with Crippen molar-refractivity contribution in [3.05, 3.63) is 34.9 Å². The third-order valence-electron chi connectivity index (χ3n) is 5.99. The van der Waals surface area contributed by atoms with Crippen LogP contribution in [0, 0.1) is 19.8 Å². The smallest absolute Gasteiger partial charge is 0.408 e. The number of aryl methyl sites for hydroxylation is 2. The maximum Gasteiger partial charge on any atom is 0.408 e. The van der Waals surface area contributed by atoms with Gasteiger partial charge in [-0.2, -0.15) is 0 Å². The Morgan fingerprint density at radius 1 is 1.03 bits per heavy atom. The first-order chi connectivity index (χ1) is 17.1. The molecular weight excluding hydrogens is 474 g/mol. The third-order valence-corrected chi connectivity index (χ3v) is 5.99. The first kappa shape index (κ1) is 31.9. The molecule has 0 aromatic heterocycles. The van der Waals surface area contributed by atoms with E-state index in [2.05, 4.69) is 15.4 Å². The molecule has 1 aromatic carbocycles. The standard InChI is InChI=1S/C28H45N3O6/c1-11-20(6)31(26(34)21(15-17(2)3)30-27(35)37-28(7,8)9)24(25(33)29-16-22(32)36-10)23-18(4)13-12-14-19(23)5/h12-14,17,20-21,24H,11,15-16H2,1-10H3,(H,29,33)(H,30,35). The van der Waals surface area contributed by atoms with Crippen molar-refractivity contribution in [3.63, 3.8) is 0 Å². The van der Waals surface area contributed by atoms with E-state index >= 15 is 0 Å². The van der Waals surface area contributed by atoms with Crippen LogP contribution < -0.4 is 10.6 Å². The number of carbonyl (C=O) groups excluding carboxylic acids is 4. The van der Waals surface area contributed by atoms with E-state index in [4.69, 9.17) is 4.74 Å². The summed E-state index contributed by atoms with van der Waals surface area (Å²) in [6.07, 6.45) is 0.224. The van der Waals surface area contributed by atoms with Gasteiger partial charge in [-0.15, -0.1) is 0 Å². The molecule has 3 unspecified atom stereocenters. The summed E-state index contributed by atoms with van der Waals surface area (Å²) in [6.45, 7) is 16.4. The Balaban J connectivity index is 3.63. The largest absolute Gasteiger partial charge is 0.468 e. The van der Waals surface area contributed by atoms with E-state index in [1.54, 1.807) is 20.8 Å². The normalized spacial score (nSPS) is 13.8. The number of amides is 3. The Morgan fingerprint density at radius 2 is 1.59 bits per heavy atom. The van der Waals surface area contributed by atoms with Crippen LogP contribution in [0.2, 0.25) is 0 Å². The molecule has 0 bridgehead atoms. The predicted molar refractivity (Wildman–Crippen MR) is 143 cm³/mol. The zero-order valence-corrected chi connectivity index (χ0v) is 24.1. The van der Waals surface area contributed by atoms with Crippen molar-refractivity contribution >= 4 is 23.9 Å². The highest BCUT2D eigenvalue weighted by molar-refractivity contribution is 5.93. The van der Waals surface area contributed by atoms with E-state index in [-0.39, 0.29) is 18.5 Å². The number of hydrogen-bond donors (Lipinski definition) is 2. The minimum atomic E-state index is -1.02. The molecule has 3 atom stereocenters.